The first-order valence-electron chi connectivity index (χ1n) is 12.1. The fourth-order valence-electron chi connectivity index (χ4n) is 3.65. The highest BCUT2D eigenvalue weighted by Crippen LogP contribution is 2.28. The fraction of sp³-hybridized carbons (Fsp3) is 0.654. The normalized spacial score (nSPS) is 13.2. The Balaban J connectivity index is 3.36. The van der Waals surface area contributed by atoms with E-state index in [-0.39, 0.29) is 23.6 Å². The van der Waals surface area contributed by atoms with E-state index >= 15 is 0 Å². The van der Waals surface area contributed by atoms with E-state index in [1.807, 2.05) is 45.9 Å². The molecule has 1 rings (SSSR count). The lowest BCUT2D eigenvalue weighted by molar-refractivity contribution is -0.144. The van der Waals surface area contributed by atoms with Crippen molar-refractivity contribution in [3.05, 3.63) is 34.9 Å². The largest absolute Gasteiger partial charge is 0.444 e. The number of rotatable bonds is 11. The van der Waals surface area contributed by atoms with Crippen LogP contribution < -0.4 is 10.6 Å². The van der Waals surface area contributed by atoms with E-state index in [1.54, 1.807) is 25.7 Å². The number of carbonyl (C=O) groups excluding carboxylic acids is 3. The summed E-state index contributed by atoms with van der Waals surface area (Å²) in [6.45, 7) is 15.5. The molecular weight excluding hydrogens is 450 g/mol. The summed E-state index contributed by atoms with van der Waals surface area (Å²) in [5, 5.41) is 5.65. The molecule has 1 aromatic carbocycles. The number of amides is 3. The Morgan fingerprint density at radius 1 is 1.12 bits per heavy atom. The molecule has 0 fully saturated rings. The van der Waals surface area contributed by atoms with Gasteiger partial charge in [0.05, 0.1) is 0 Å². The van der Waals surface area contributed by atoms with Crippen molar-refractivity contribution in [2.45, 2.75) is 98.4 Å². The van der Waals surface area contributed by atoms with Gasteiger partial charge in [0.15, 0.2) is 0 Å². The molecule has 0 spiro atoms. The van der Waals surface area contributed by atoms with Crippen LogP contribution in [-0.2, 0) is 14.3 Å². The maximum atomic E-state index is 13.7. The monoisotopic (exact) mass is 493 g/mol. The molecule has 0 bridgehead atoms. The van der Waals surface area contributed by atoms with Crippen LogP contribution in [0, 0.1) is 13.8 Å². The predicted octanol–water partition coefficient (Wildman–Crippen LogP) is 4.71. The zero-order valence-electron chi connectivity index (χ0n) is 22.0. The van der Waals surface area contributed by atoms with Gasteiger partial charge in [-0.25, -0.2) is 4.79 Å². The topological polar surface area (TPSA) is 87.7 Å². The molecule has 192 valence electrons. The molecule has 2 atom stereocenters. The average Bonchev–Trinajstić information content (AvgIpc) is 2.73. The van der Waals surface area contributed by atoms with E-state index < -0.39 is 23.8 Å². The van der Waals surface area contributed by atoms with E-state index in [4.69, 9.17) is 4.74 Å². The average molecular weight is 494 g/mol. The third-order valence-corrected chi connectivity index (χ3v) is 5.68. The molecule has 2 unspecified atom stereocenters. The molecule has 0 saturated carbocycles. The minimum Gasteiger partial charge on any atom is -0.444 e. The van der Waals surface area contributed by atoms with E-state index in [0.717, 1.165) is 36.0 Å². The predicted molar refractivity (Wildman–Crippen MR) is 140 cm³/mol. The van der Waals surface area contributed by atoms with Crippen LogP contribution in [0.4, 0.5) is 4.79 Å². The van der Waals surface area contributed by atoms with Gasteiger partial charge in [0.25, 0.3) is 0 Å². The number of benzene rings is 1. The molecule has 0 saturated heterocycles. The van der Waals surface area contributed by atoms with Crippen molar-refractivity contribution >= 4 is 30.5 Å². The van der Waals surface area contributed by atoms with E-state index in [9.17, 15) is 14.4 Å². The van der Waals surface area contributed by atoms with Crippen molar-refractivity contribution in [2.24, 2.45) is 0 Å². The second-order valence-electron chi connectivity index (χ2n) is 9.98. The number of unbranched alkanes of at least 4 members (excludes halogenated alkanes) is 2. The molecule has 34 heavy (non-hydrogen) atoms. The van der Waals surface area contributed by atoms with Gasteiger partial charge in [0.2, 0.25) is 11.8 Å². The molecule has 0 radical (unpaired) electrons. The van der Waals surface area contributed by atoms with Gasteiger partial charge >= 0.3 is 6.09 Å². The molecule has 0 heterocycles. The quantitative estimate of drug-likeness (QED) is 0.308. The molecule has 0 aromatic heterocycles. The summed E-state index contributed by atoms with van der Waals surface area (Å²) in [5.74, 6) is -0.550. The Bertz CT molecular complexity index is 836. The van der Waals surface area contributed by atoms with Crippen LogP contribution in [0.25, 0.3) is 0 Å². The number of hydrogen-bond donors (Lipinski definition) is 3. The van der Waals surface area contributed by atoms with Gasteiger partial charge in [-0.2, -0.15) is 12.6 Å². The number of thiol groups is 1. The number of carbonyl (C=O) groups is 3. The molecule has 0 aliphatic heterocycles. The van der Waals surface area contributed by atoms with Gasteiger partial charge in [-0.1, -0.05) is 43.5 Å². The van der Waals surface area contributed by atoms with Crippen LogP contribution in [0.15, 0.2) is 18.2 Å². The van der Waals surface area contributed by atoms with E-state index in [0.29, 0.717) is 6.54 Å². The van der Waals surface area contributed by atoms with Crippen LogP contribution >= 0.6 is 12.6 Å². The summed E-state index contributed by atoms with van der Waals surface area (Å²) in [6.07, 6.45) is 2.24. The van der Waals surface area contributed by atoms with Crippen LogP contribution in [-0.4, -0.2) is 52.8 Å². The van der Waals surface area contributed by atoms with Gasteiger partial charge in [0, 0.05) is 18.3 Å². The lowest BCUT2D eigenvalue weighted by Crippen LogP contribution is -2.55. The number of hydrogen-bond acceptors (Lipinski definition) is 5. The van der Waals surface area contributed by atoms with E-state index in [2.05, 4.69) is 30.2 Å². The zero-order chi connectivity index (χ0) is 26.1. The van der Waals surface area contributed by atoms with Crippen molar-refractivity contribution in [3.63, 3.8) is 0 Å². The molecule has 1 aromatic rings. The standard InChI is InChI=1S/C26H43N3O4S/c1-9-10-11-14-27-23(30)22(20-15-18(4)12-13-19(20)5)29(17(2)3)24(31)21(16-34)28-25(32)33-26(6,7)8/h12-13,15,17,21-22,34H,9-11,14,16H2,1-8H3,(H,27,30)(H,28,32). The number of aryl methyl sites for hydroxylation is 2. The van der Waals surface area contributed by atoms with Crippen molar-refractivity contribution in [2.75, 3.05) is 12.3 Å². The second kappa shape index (κ2) is 13.6. The summed E-state index contributed by atoms with van der Waals surface area (Å²) < 4.78 is 5.33. The highest BCUT2D eigenvalue weighted by Gasteiger charge is 2.38. The highest BCUT2D eigenvalue weighted by molar-refractivity contribution is 7.80. The van der Waals surface area contributed by atoms with Crippen molar-refractivity contribution in [3.8, 4) is 0 Å². The Morgan fingerprint density at radius 3 is 2.29 bits per heavy atom. The molecule has 2 N–H and O–H groups in total. The number of ether oxygens (including phenoxy) is 1. The summed E-state index contributed by atoms with van der Waals surface area (Å²) in [4.78, 5) is 41.2. The third kappa shape index (κ3) is 9.20. The Labute approximate surface area is 210 Å². The maximum absolute atomic E-state index is 13.7. The lowest BCUT2D eigenvalue weighted by atomic mass is 9.95. The number of nitrogens with zero attached hydrogens (tertiary/aromatic N) is 1. The van der Waals surface area contributed by atoms with Gasteiger partial charge < -0.3 is 20.3 Å². The van der Waals surface area contributed by atoms with Crippen LogP contribution in [0.2, 0.25) is 0 Å². The summed E-state index contributed by atoms with van der Waals surface area (Å²) in [7, 11) is 0. The second-order valence-corrected chi connectivity index (χ2v) is 10.3. The third-order valence-electron chi connectivity index (χ3n) is 5.32. The fourth-order valence-corrected chi connectivity index (χ4v) is 3.90. The maximum Gasteiger partial charge on any atom is 0.408 e. The van der Waals surface area contributed by atoms with Gasteiger partial charge in [0.1, 0.15) is 17.7 Å². The lowest BCUT2D eigenvalue weighted by Gasteiger charge is -2.37. The molecule has 3 amide bonds. The summed E-state index contributed by atoms with van der Waals surface area (Å²) in [5.41, 5.74) is 1.98. The summed E-state index contributed by atoms with van der Waals surface area (Å²) >= 11 is 4.31. The minimum absolute atomic E-state index is 0.0684. The van der Waals surface area contributed by atoms with Crippen molar-refractivity contribution in [1.29, 1.82) is 0 Å². The van der Waals surface area contributed by atoms with Crippen molar-refractivity contribution in [1.82, 2.24) is 15.5 Å². The van der Waals surface area contributed by atoms with Crippen molar-refractivity contribution < 1.29 is 19.1 Å². The molecular formula is C26H43N3O4S. The Hall–Kier alpha value is -2.22. The minimum atomic E-state index is -0.943. The first kappa shape index (κ1) is 29.8. The molecule has 7 nitrogen and oxygen atoms in total. The first-order chi connectivity index (χ1) is 15.8. The first-order valence-corrected chi connectivity index (χ1v) is 12.7. The Kier molecular flexibility index (Phi) is 11.9. The van der Waals surface area contributed by atoms with Crippen LogP contribution in [0.3, 0.4) is 0 Å². The van der Waals surface area contributed by atoms with Gasteiger partial charge in [-0.15, -0.1) is 0 Å². The molecule has 8 heteroatoms. The molecule has 0 aliphatic rings. The SMILES string of the molecule is CCCCCNC(=O)C(c1cc(C)ccc1C)N(C(=O)C(CS)NC(=O)OC(C)(C)C)C(C)C. The summed E-state index contributed by atoms with van der Waals surface area (Å²) in [6, 6.07) is 3.81. The van der Waals surface area contributed by atoms with Gasteiger partial charge in [-0.05, 0) is 66.0 Å². The van der Waals surface area contributed by atoms with E-state index in [1.165, 1.54) is 0 Å². The Morgan fingerprint density at radius 2 is 1.76 bits per heavy atom. The number of alkyl carbamates (subject to hydrolysis) is 1. The van der Waals surface area contributed by atoms with Crippen LogP contribution in [0.1, 0.15) is 83.5 Å². The zero-order valence-corrected chi connectivity index (χ0v) is 22.9. The molecule has 0 aliphatic carbocycles. The number of nitrogens with one attached hydrogen (secondary N) is 2. The van der Waals surface area contributed by atoms with Crippen LogP contribution in [0.5, 0.6) is 0 Å². The van der Waals surface area contributed by atoms with Gasteiger partial charge in [-0.3, -0.25) is 9.59 Å². The highest BCUT2D eigenvalue weighted by atomic mass is 32.1. The smallest absolute Gasteiger partial charge is 0.408 e.